The first-order valence-electron chi connectivity index (χ1n) is 13.0. The third kappa shape index (κ3) is 5.55. The van der Waals surface area contributed by atoms with E-state index >= 15 is 0 Å². The predicted octanol–water partition coefficient (Wildman–Crippen LogP) is -1.69. The van der Waals surface area contributed by atoms with Crippen LogP contribution in [0.15, 0.2) is 39.5 Å². The number of aliphatic hydroxyl groups is 6. The lowest BCUT2D eigenvalue weighted by molar-refractivity contribution is -0.354. The molecule has 2 aliphatic rings. The van der Waals surface area contributed by atoms with E-state index in [9.17, 15) is 55.9 Å². The molecular formula is C27H30O16. The minimum Gasteiger partial charge on any atom is -0.508 e. The maximum atomic E-state index is 13.7. The Morgan fingerprint density at radius 3 is 2.19 bits per heavy atom. The molecule has 3 aromatic rings. The molecule has 0 saturated carbocycles. The normalized spacial score (nSPS) is 33.0. The van der Waals surface area contributed by atoms with Gasteiger partial charge >= 0.3 is 0 Å². The quantitative estimate of drug-likeness (QED) is 0.140. The molecule has 16 heteroatoms. The Labute approximate surface area is 241 Å². The van der Waals surface area contributed by atoms with Crippen molar-refractivity contribution in [2.24, 2.45) is 0 Å². The molecule has 0 radical (unpaired) electrons. The van der Waals surface area contributed by atoms with Gasteiger partial charge in [0.15, 0.2) is 29.7 Å². The summed E-state index contributed by atoms with van der Waals surface area (Å²) in [6.07, 6.45) is -16.7. The molecule has 0 spiro atoms. The lowest BCUT2D eigenvalue weighted by Gasteiger charge is -2.45. The Kier molecular flexibility index (Phi) is 8.41. The van der Waals surface area contributed by atoms with Crippen molar-refractivity contribution in [3.63, 3.8) is 0 Å². The highest BCUT2D eigenvalue weighted by atomic mass is 16.8. The van der Waals surface area contributed by atoms with Crippen molar-refractivity contribution in [2.45, 2.75) is 68.3 Å². The van der Waals surface area contributed by atoms with E-state index in [0.717, 1.165) is 24.3 Å². The summed E-state index contributed by atoms with van der Waals surface area (Å²) in [6, 6.07) is 5.21. The highest BCUT2D eigenvalue weighted by Gasteiger charge is 2.51. The molecule has 2 fully saturated rings. The Balaban J connectivity index is 1.62. The van der Waals surface area contributed by atoms with Gasteiger partial charge in [0.25, 0.3) is 0 Å². The minimum absolute atomic E-state index is 0.0447. The lowest BCUT2D eigenvalue weighted by atomic mass is 9.97. The summed E-state index contributed by atoms with van der Waals surface area (Å²) in [5, 5.41) is 102. The van der Waals surface area contributed by atoms with Crippen LogP contribution >= 0.6 is 0 Å². The number of benzene rings is 2. The van der Waals surface area contributed by atoms with Crippen LogP contribution in [0.1, 0.15) is 6.92 Å². The van der Waals surface area contributed by atoms with E-state index in [-0.39, 0.29) is 11.1 Å². The average Bonchev–Trinajstić information content (AvgIpc) is 2.96. The van der Waals surface area contributed by atoms with Crippen molar-refractivity contribution in [1.82, 2.24) is 0 Å². The molecule has 0 unspecified atom stereocenters. The number of rotatable bonds is 6. The number of fused-ring (bicyclic) bond motifs is 1. The van der Waals surface area contributed by atoms with Gasteiger partial charge in [0.1, 0.15) is 59.1 Å². The Hall–Kier alpha value is -3.71. The number of hydrogen-bond donors (Lipinski definition) is 10. The van der Waals surface area contributed by atoms with E-state index < -0.39 is 113 Å². The fraction of sp³-hybridized carbons (Fsp3) is 0.444. The molecule has 43 heavy (non-hydrogen) atoms. The van der Waals surface area contributed by atoms with Crippen molar-refractivity contribution >= 4 is 11.0 Å². The second-order valence-electron chi connectivity index (χ2n) is 10.2. The minimum atomic E-state index is -1.91. The molecule has 0 amide bonds. The molecule has 10 N–H and O–H groups in total. The summed E-state index contributed by atoms with van der Waals surface area (Å²) in [5.41, 5.74) is -1.39. The largest absolute Gasteiger partial charge is 0.508 e. The first-order chi connectivity index (χ1) is 20.3. The predicted molar refractivity (Wildman–Crippen MR) is 140 cm³/mol. The summed E-state index contributed by atoms with van der Waals surface area (Å²) >= 11 is 0. The SMILES string of the molecule is C[C@@H]1O[C@@H](O[C@H]2[C@H](Oc3c(-c4ccc(O)c(O)c4)oc4cc(O)cc(O)c4c3=O)O[C@H](CO)[C@H](O)[C@H]2O)[C@H](O)[C@@H](O)[C@H]1O. The van der Waals surface area contributed by atoms with Crippen LogP contribution in [-0.2, 0) is 14.2 Å². The molecular weight excluding hydrogens is 580 g/mol. The molecule has 5 rings (SSSR count). The summed E-state index contributed by atoms with van der Waals surface area (Å²) in [4.78, 5) is 13.7. The highest BCUT2D eigenvalue weighted by Crippen LogP contribution is 2.40. The second-order valence-corrected chi connectivity index (χ2v) is 10.2. The van der Waals surface area contributed by atoms with Crippen LogP contribution in [0.5, 0.6) is 28.7 Å². The molecule has 2 saturated heterocycles. The lowest BCUT2D eigenvalue weighted by Crippen LogP contribution is -2.64. The van der Waals surface area contributed by atoms with Crippen LogP contribution in [-0.4, -0.2) is 119 Å². The van der Waals surface area contributed by atoms with Crippen LogP contribution in [0.3, 0.4) is 0 Å². The van der Waals surface area contributed by atoms with Gasteiger partial charge in [-0.05, 0) is 25.1 Å². The van der Waals surface area contributed by atoms with E-state index in [2.05, 4.69) is 0 Å². The summed E-state index contributed by atoms with van der Waals surface area (Å²) in [7, 11) is 0. The van der Waals surface area contributed by atoms with Gasteiger partial charge in [-0.2, -0.15) is 0 Å². The number of ether oxygens (including phenoxy) is 4. The zero-order valence-corrected chi connectivity index (χ0v) is 22.3. The standard InChI is InChI=1S/C27H30O16/c1-8-17(33)20(36)22(38)26(39-8)43-25-21(37)18(34)15(7-28)41-27(25)42-24-19(35)16-13(32)5-10(29)6-14(16)40-23(24)9-2-3-11(30)12(31)4-9/h2-6,8,15,17-18,20-22,25-34,36-38H,7H2,1H3/t8-,15+,17-,18-,20-,21+,22+,25+,26-,27-/m0/s1. The smallest absolute Gasteiger partial charge is 0.239 e. The number of aliphatic hydroxyl groups excluding tert-OH is 6. The van der Waals surface area contributed by atoms with Crippen LogP contribution in [0, 0.1) is 0 Å². The first-order valence-corrected chi connectivity index (χ1v) is 13.0. The first kappa shape index (κ1) is 30.7. The van der Waals surface area contributed by atoms with E-state index in [1.165, 1.54) is 13.0 Å². The van der Waals surface area contributed by atoms with Crippen LogP contribution in [0.25, 0.3) is 22.3 Å². The van der Waals surface area contributed by atoms with Crippen LogP contribution in [0.4, 0.5) is 0 Å². The van der Waals surface area contributed by atoms with Crippen molar-refractivity contribution in [2.75, 3.05) is 6.61 Å². The molecule has 10 atom stereocenters. The number of aromatic hydroxyl groups is 4. The summed E-state index contributed by atoms with van der Waals surface area (Å²) < 4.78 is 28.3. The van der Waals surface area contributed by atoms with E-state index in [0.29, 0.717) is 0 Å². The van der Waals surface area contributed by atoms with Gasteiger partial charge in [-0.25, -0.2) is 0 Å². The molecule has 234 valence electrons. The van der Waals surface area contributed by atoms with Gasteiger partial charge < -0.3 is 74.4 Å². The fourth-order valence-corrected chi connectivity index (χ4v) is 4.92. The van der Waals surface area contributed by atoms with Crippen molar-refractivity contribution < 1.29 is 74.4 Å². The summed E-state index contributed by atoms with van der Waals surface area (Å²) in [5.74, 6) is -3.40. The van der Waals surface area contributed by atoms with Gasteiger partial charge in [0.05, 0.1) is 12.7 Å². The molecule has 2 aliphatic heterocycles. The molecule has 0 aliphatic carbocycles. The maximum Gasteiger partial charge on any atom is 0.239 e. The Morgan fingerprint density at radius 2 is 1.51 bits per heavy atom. The topological polar surface area (TPSA) is 269 Å². The van der Waals surface area contributed by atoms with Gasteiger partial charge in [0, 0.05) is 17.7 Å². The van der Waals surface area contributed by atoms with Gasteiger partial charge in [0.2, 0.25) is 17.5 Å². The molecule has 0 bridgehead atoms. The second kappa shape index (κ2) is 11.8. The van der Waals surface area contributed by atoms with Crippen molar-refractivity contribution in [1.29, 1.82) is 0 Å². The third-order valence-corrected chi connectivity index (χ3v) is 7.31. The number of hydrogen-bond acceptors (Lipinski definition) is 16. The summed E-state index contributed by atoms with van der Waals surface area (Å²) in [6.45, 7) is 0.541. The van der Waals surface area contributed by atoms with Crippen LogP contribution in [0.2, 0.25) is 0 Å². The van der Waals surface area contributed by atoms with Gasteiger partial charge in [-0.15, -0.1) is 0 Å². The molecule has 3 heterocycles. The number of phenols is 4. The van der Waals surface area contributed by atoms with E-state index in [1.54, 1.807) is 0 Å². The zero-order valence-electron chi connectivity index (χ0n) is 22.3. The zero-order chi connectivity index (χ0) is 31.3. The number of phenolic OH excluding ortho intramolecular Hbond substituents is 4. The van der Waals surface area contributed by atoms with E-state index in [4.69, 9.17) is 23.4 Å². The van der Waals surface area contributed by atoms with Crippen LogP contribution < -0.4 is 10.2 Å². The molecule has 2 aromatic carbocycles. The highest BCUT2D eigenvalue weighted by molar-refractivity contribution is 5.88. The van der Waals surface area contributed by atoms with Crippen molar-refractivity contribution in [3.8, 4) is 40.1 Å². The average molecular weight is 611 g/mol. The molecule has 1 aromatic heterocycles. The monoisotopic (exact) mass is 610 g/mol. The third-order valence-electron chi connectivity index (χ3n) is 7.31. The van der Waals surface area contributed by atoms with Gasteiger partial charge in [-0.1, -0.05) is 0 Å². The Bertz CT molecular complexity index is 1540. The molecule has 16 nitrogen and oxygen atoms in total. The fourth-order valence-electron chi connectivity index (χ4n) is 4.92. The van der Waals surface area contributed by atoms with Crippen molar-refractivity contribution in [3.05, 3.63) is 40.6 Å². The van der Waals surface area contributed by atoms with Gasteiger partial charge in [-0.3, -0.25) is 4.79 Å². The maximum absolute atomic E-state index is 13.7. The Morgan fingerprint density at radius 1 is 0.791 bits per heavy atom. The van der Waals surface area contributed by atoms with E-state index in [1.807, 2.05) is 0 Å².